The number of ether oxygens (including phenoxy) is 4. The van der Waals surface area contributed by atoms with Gasteiger partial charge in [-0.25, -0.2) is 0 Å². The molecular weight excluding hydrogens is 1530 g/mol. The Kier molecular flexibility index (Phi) is 69.4. The summed E-state index contributed by atoms with van der Waals surface area (Å²) in [4.78, 5) is 6.19. The van der Waals surface area contributed by atoms with Crippen LogP contribution in [0.1, 0.15) is 51.4 Å². The summed E-state index contributed by atoms with van der Waals surface area (Å²) in [5.74, 6) is 0. The third-order valence-electron chi connectivity index (χ3n) is 10.1. The van der Waals surface area contributed by atoms with E-state index < -0.39 is 72.7 Å². The van der Waals surface area contributed by atoms with Gasteiger partial charge in [0.2, 0.25) is 0 Å². The van der Waals surface area contributed by atoms with E-state index >= 15 is 0 Å². The molecule has 0 aromatic heterocycles. The number of halogens is 4. The van der Waals surface area contributed by atoms with Gasteiger partial charge in [-0.15, -0.1) is 72.7 Å². The molecule has 4 saturated heterocycles. The van der Waals surface area contributed by atoms with Crippen LogP contribution in [-0.2, 0) is 101 Å². The minimum absolute atomic E-state index is 0. The predicted molar refractivity (Wildman–Crippen MR) is 300 cm³/mol. The first-order chi connectivity index (χ1) is 26.1. The zero-order valence-electron chi connectivity index (χ0n) is 50.6. The standard InChI is InChI=1S/3C10H27Si3.4C4H8O.4BrH.3Cd.Li/c3*1-11(2,3)10(12(4,5)6)13(7,8)9;4*1-2-4-5-3-1;;;;;;;;/h3*1-9H3;4*1-4H2;4*1H;;;;/q3*-1;;;;;;;;;3*+2;+1/p-4. The van der Waals surface area contributed by atoms with E-state index in [2.05, 4.69) is 191 Å². The van der Waals surface area contributed by atoms with Gasteiger partial charge >= 0.3 is 101 Å². The Morgan fingerprint density at radius 1 is 0.209 bits per heavy atom. The van der Waals surface area contributed by atoms with E-state index in [4.69, 9.17) is 18.9 Å². The molecule has 0 saturated carbocycles. The minimum Gasteiger partial charge on any atom is -1.00 e. The Labute approximate surface area is 547 Å². The molecule has 4 heterocycles. The molecule has 4 rings (SSSR count). The number of hydrogen-bond donors (Lipinski definition) is 0. The second-order valence-corrected chi connectivity index (χ2v) is 76.2. The SMILES string of the molecule is C1CCOC1.C1CCOC1.C1CCOC1.C1CCOC1.C[Si](C)(C)[C-]([Si](C)(C)C)[Si](C)(C)C.C[Si](C)(C)[C-]([Si](C)(C)C)[Si](C)(C)C.C[Si](C)(C)[C-]([Si](C)(C)C)[Si](C)(C)C.[Br-].[Br-].[Br-].[Br-].[Cd+2].[Cd+2].[Cd+2].[Li+]. The largest absolute Gasteiger partial charge is 2.00 e. The van der Waals surface area contributed by atoms with Gasteiger partial charge in [-0.2, -0.15) is 0 Å². The van der Waals surface area contributed by atoms with Crippen LogP contribution in [0.4, 0.5) is 0 Å². The first kappa shape index (κ1) is 99.4. The normalized spacial score (nSPS) is 16.0. The van der Waals surface area contributed by atoms with Crippen molar-refractivity contribution in [3.8, 4) is 0 Å². The third kappa shape index (κ3) is 56.2. The molecule has 67 heavy (non-hydrogen) atoms. The van der Waals surface area contributed by atoms with Crippen LogP contribution in [0, 0.1) is 14.4 Å². The molecule has 0 aliphatic carbocycles. The van der Waals surface area contributed by atoms with Crippen molar-refractivity contribution < 1.29 is 188 Å². The van der Waals surface area contributed by atoms with Crippen molar-refractivity contribution in [2.75, 3.05) is 52.9 Å². The maximum atomic E-state index is 4.94. The van der Waals surface area contributed by atoms with Gasteiger partial charge in [-0.3, -0.25) is 0 Å². The molecule has 0 aromatic carbocycles. The van der Waals surface area contributed by atoms with Crippen LogP contribution in [0.5, 0.6) is 0 Å². The van der Waals surface area contributed by atoms with Gasteiger partial charge in [0.1, 0.15) is 0 Å². The quantitative estimate of drug-likeness (QED) is 0.253. The Morgan fingerprint density at radius 2 is 0.284 bits per heavy atom. The van der Waals surface area contributed by atoms with Gasteiger partial charge in [-0.1, -0.05) is 177 Å². The maximum absolute atomic E-state index is 4.94. The Balaban J connectivity index is -0.0000000616. The van der Waals surface area contributed by atoms with Crippen LogP contribution in [0.15, 0.2) is 0 Å². The van der Waals surface area contributed by atoms with Crippen molar-refractivity contribution in [3.05, 3.63) is 14.4 Å². The Hall–Kier alpha value is 7.08. The van der Waals surface area contributed by atoms with Crippen molar-refractivity contribution in [2.24, 2.45) is 0 Å². The van der Waals surface area contributed by atoms with E-state index in [1.54, 1.807) is 0 Å². The van der Waals surface area contributed by atoms with Gasteiger partial charge in [-0.05, 0) is 51.4 Å². The first-order valence-electron chi connectivity index (χ1n) is 24.1. The molecule has 0 N–H and O–H groups in total. The van der Waals surface area contributed by atoms with Crippen LogP contribution >= 0.6 is 0 Å². The van der Waals surface area contributed by atoms with Crippen molar-refractivity contribution in [1.29, 1.82) is 0 Å². The van der Waals surface area contributed by atoms with Crippen LogP contribution in [0.3, 0.4) is 0 Å². The summed E-state index contributed by atoms with van der Waals surface area (Å²) >= 11 is 0. The van der Waals surface area contributed by atoms with Crippen LogP contribution in [-0.4, -0.2) is 126 Å². The second kappa shape index (κ2) is 46.8. The molecule has 0 atom stereocenters. The molecule has 0 bridgehead atoms. The minimum atomic E-state index is -1.02. The van der Waals surface area contributed by atoms with E-state index in [0.29, 0.717) is 0 Å². The van der Waals surface area contributed by atoms with Gasteiger partial charge in [0.25, 0.3) is 0 Å². The van der Waals surface area contributed by atoms with E-state index in [9.17, 15) is 0 Å². The second-order valence-electron chi connectivity index (χ2n) is 26.7. The topological polar surface area (TPSA) is 36.9 Å². The zero-order chi connectivity index (χ0) is 47.4. The summed E-state index contributed by atoms with van der Waals surface area (Å²) in [6, 6.07) is 0. The van der Waals surface area contributed by atoms with Gasteiger partial charge in [0.15, 0.2) is 0 Å². The first-order valence-corrected chi connectivity index (χ1v) is 55.6. The molecule has 4 nitrogen and oxygen atoms in total. The fraction of sp³-hybridized carbons (Fsp3) is 0.935. The van der Waals surface area contributed by atoms with Crippen LogP contribution in [0.2, 0.25) is 177 Å². The molecule has 0 amide bonds. The third-order valence-corrected chi connectivity index (χ3v) is 64.1. The van der Waals surface area contributed by atoms with Crippen molar-refractivity contribution in [2.45, 2.75) is 228 Å². The molecule has 0 unspecified atom stereocenters. The Bertz CT molecular complexity index is 790. The van der Waals surface area contributed by atoms with Gasteiger partial charge < -0.3 is 101 Å². The zero-order valence-corrected chi connectivity index (χ0v) is 78.0. The maximum Gasteiger partial charge on any atom is 2.00 e. The summed E-state index contributed by atoms with van der Waals surface area (Å²) in [5, 5.41) is 0. The van der Waals surface area contributed by atoms with Gasteiger partial charge in [0, 0.05) is 52.9 Å². The molecule has 0 radical (unpaired) electrons. The summed E-state index contributed by atoms with van der Waals surface area (Å²) < 4.78 is 19.8. The predicted octanol–water partition coefficient (Wildman–Crippen LogP) is 0.779. The molecule has 0 aromatic rings. The number of rotatable bonds is 9. The summed E-state index contributed by atoms with van der Waals surface area (Å²) in [5.41, 5.74) is 0. The van der Waals surface area contributed by atoms with E-state index in [0.717, 1.165) is 52.9 Å². The van der Waals surface area contributed by atoms with E-state index in [1.807, 2.05) is 0 Å². The molecule has 4 aliphatic rings. The molecule has 4 fully saturated rings. The van der Waals surface area contributed by atoms with E-state index in [1.165, 1.54) is 51.4 Å². The molecule has 21 heteroatoms. The molecule has 4 aliphatic heterocycles. The molecule has 392 valence electrons. The average molecular weight is 1650 g/mol. The van der Waals surface area contributed by atoms with Crippen molar-refractivity contribution in [3.63, 3.8) is 0 Å². The fourth-order valence-electron chi connectivity index (χ4n) is 12.2. The monoisotopic (exact) mass is 1650 g/mol. The summed E-state index contributed by atoms with van der Waals surface area (Å²) in [7, 11) is -9.16. The average Bonchev–Trinajstić information content (AvgIpc) is 3.80. The van der Waals surface area contributed by atoms with Crippen LogP contribution in [0.25, 0.3) is 0 Å². The number of hydrogen-bond acceptors (Lipinski definition) is 4. The van der Waals surface area contributed by atoms with Crippen molar-refractivity contribution in [1.82, 2.24) is 0 Å². The fourth-order valence-corrected chi connectivity index (χ4v) is 93.2. The summed E-state index contributed by atoms with van der Waals surface area (Å²) in [6.45, 7) is 76.2. The Morgan fingerprint density at radius 3 is 0.299 bits per heavy atom. The molecule has 0 spiro atoms. The summed E-state index contributed by atoms with van der Waals surface area (Å²) in [6.07, 6.45) is 10.2. The van der Waals surface area contributed by atoms with Crippen molar-refractivity contribution >= 4 is 72.7 Å². The van der Waals surface area contributed by atoms with Gasteiger partial charge in [0.05, 0.1) is 0 Å². The van der Waals surface area contributed by atoms with E-state index in [-0.39, 0.29) is 169 Å². The van der Waals surface area contributed by atoms with Crippen LogP contribution < -0.4 is 86.8 Å². The smallest absolute Gasteiger partial charge is 1.00 e. The molecular formula is C46H113Br4Cd3LiO4Si9.